The van der Waals surface area contributed by atoms with Gasteiger partial charge in [0.1, 0.15) is 0 Å². The van der Waals surface area contributed by atoms with Gasteiger partial charge in [0.25, 0.3) is 0 Å². The molecular weight excluding hydrogens is 330 g/mol. The fourth-order valence-corrected chi connectivity index (χ4v) is 3.86. The van der Waals surface area contributed by atoms with E-state index in [1.54, 1.807) is 0 Å². The van der Waals surface area contributed by atoms with Crippen molar-refractivity contribution in [1.29, 1.82) is 0 Å². The molecule has 2 unspecified atom stereocenters. The third kappa shape index (κ3) is 3.43. The lowest BCUT2D eigenvalue weighted by molar-refractivity contribution is 0.128. The minimum atomic E-state index is -2.20. The Morgan fingerprint density at radius 3 is 2.65 bits per heavy atom. The van der Waals surface area contributed by atoms with Crippen molar-refractivity contribution in [3.8, 4) is 0 Å². The maximum atomic E-state index is 12.6. The highest BCUT2D eigenvalue weighted by Gasteiger charge is 2.46. The average molecular weight is 358 g/mol. The Morgan fingerprint density at radius 2 is 2.08 bits per heavy atom. The van der Waals surface area contributed by atoms with Crippen molar-refractivity contribution in [3.63, 3.8) is 0 Å². The summed E-state index contributed by atoms with van der Waals surface area (Å²) in [5.41, 5.74) is 8.18. The molecule has 26 heavy (non-hydrogen) atoms. The monoisotopic (exact) mass is 358 g/mol. The molecule has 0 aromatic carbocycles. The molecule has 2 aliphatic heterocycles. The Balaban J connectivity index is 1.84. The highest BCUT2D eigenvalue weighted by Crippen LogP contribution is 2.51. The molecule has 0 amide bonds. The Morgan fingerprint density at radius 1 is 1.31 bits per heavy atom. The normalized spacial score (nSPS) is 26.8. The van der Waals surface area contributed by atoms with Gasteiger partial charge in [-0.3, -0.25) is 0 Å². The lowest BCUT2D eigenvalue weighted by Crippen LogP contribution is -2.36. The second-order valence-corrected chi connectivity index (χ2v) is 7.16. The molecule has 1 saturated carbocycles. The van der Waals surface area contributed by atoms with E-state index in [2.05, 4.69) is 54.2 Å². The highest BCUT2D eigenvalue weighted by atomic mass is 19.3. The van der Waals surface area contributed by atoms with E-state index in [9.17, 15) is 8.78 Å². The Hall–Kier alpha value is -2.06. The SMILES string of the molecule is C=CC1=C(/C=C\CC)/C(=C/CC)N(C2=C=C(C3CC3CC(F)F)N2C)C1. The van der Waals surface area contributed by atoms with Gasteiger partial charge in [0.15, 0.2) is 5.82 Å². The Labute approximate surface area is 155 Å². The van der Waals surface area contributed by atoms with Gasteiger partial charge in [-0.1, -0.05) is 50.5 Å². The summed E-state index contributed by atoms with van der Waals surface area (Å²) in [6, 6.07) is 0. The predicted octanol–water partition coefficient (Wildman–Crippen LogP) is 5.61. The van der Waals surface area contributed by atoms with Crippen molar-refractivity contribution in [2.75, 3.05) is 13.6 Å². The Bertz CT molecular complexity index is 735. The van der Waals surface area contributed by atoms with Crippen molar-refractivity contribution in [2.45, 2.75) is 46.0 Å². The molecule has 0 bridgehead atoms. The molecule has 3 aliphatic rings. The smallest absolute Gasteiger partial charge is 0.238 e. The molecule has 0 aromatic rings. The summed E-state index contributed by atoms with van der Waals surface area (Å²) in [6.07, 6.45) is 9.14. The van der Waals surface area contributed by atoms with Crippen molar-refractivity contribution in [3.05, 3.63) is 65.0 Å². The van der Waals surface area contributed by atoms with Crippen molar-refractivity contribution >= 4 is 0 Å². The van der Waals surface area contributed by atoms with Crippen LogP contribution >= 0.6 is 0 Å². The van der Waals surface area contributed by atoms with Crippen LogP contribution in [0.4, 0.5) is 8.78 Å². The van der Waals surface area contributed by atoms with E-state index in [-0.39, 0.29) is 18.3 Å². The highest BCUT2D eigenvalue weighted by molar-refractivity contribution is 5.54. The first-order valence-corrected chi connectivity index (χ1v) is 9.54. The van der Waals surface area contributed by atoms with Gasteiger partial charge in [-0.15, -0.1) is 0 Å². The molecule has 2 atom stereocenters. The van der Waals surface area contributed by atoms with Crippen LogP contribution < -0.4 is 0 Å². The van der Waals surface area contributed by atoms with Gasteiger partial charge in [0, 0.05) is 30.7 Å². The standard InChI is InChI=1S/C22H28F2N2/c1-5-8-10-17-15(7-3)14-26(19(17)9-6-2)22-13-20(25(22)4)18-11-16(18)12-21(23)24/h7-10,16,18,21H,3,5-6,11-12,14H2,1-2,4H3/b10-8-,19-9-. The average Bonchev–Trinajstić information content (AvgIpc) is 3.24. The van der Waals surface area contributed by atoms with Gasteiger partial charge in [-0.05, 0) is 30.8 Å². The minimum Gasteiger partial charge on any atom is -0.321 e. The van der Waals surface area contributed by atoms with Crippen LogP contribution in [0, 0.1) is 11.8 Å². The fourth-order valence-electron chi connectivity index (χ4n) is 3.86. The first kappa shape index (κ1) is 18.7. The third-order valence-electron chi connectivity index (χ3n) is 5.33. The number of rotatable bonds is 8. The molecule has 0 aromatic heterocycles. The van der Waals surface area contributed by atoms with Crippen molar-refractivity contribution in [1.82, 2.24) is 9.80 Å². The molecule has 4 heteroatoms. The van der Waals surface area contributed by atoms with E-state index in [4.69, 9.17) is 0 Å². The quantitative estimate of drug-likeness (QED) is 0.521. The predicted molar refractivity (Wildman–Crippen MR) is 102 cm³/mol. The summed E-state index contributed by atoms with van der Waals surface area (Å²) in [7, 11) is 2.02. The summed E-state index contributed by atoms with van der Waals surface area (Å²) in [5, 5.41) is 0. The summed E-state index contributed by atoms with van der Waals surface area (Å²) in [6.45, 7) is 9.02. The second kappa shape index (κ2) is 7.67. The summed E-state index contributed by atoms with van der Waals surface area (Å²) in [5.74, 6) is 1.41. The van der Waals surface area contributed by atoms with Crippen LogP contribution in [-0.4, -0.2) is 29.8 Å². The maximum absolute atomic E-state index is 12.6. The summed E-state index contributed by atoms with van der Waals surface area (Å²) < 4.78 is 25.2. The van der Waals surface area contributed by atoms with Gasteiger partial charge >= 0.3 is 0 Å². The molecular formula is C22H28F2N2. The van der Waals surface area contributed by atoms with E-state index >= 15 is 0 Å². The van der Waals surface area contributed by atoms with Gasteiger partial charge in [-0.25, -0.2) is 8.78 Å². The zero-order chi connectivity index (χ0) is 18.8. The molecule has 0 N–H and O–H groups in total. The molecule has 0 spiro atoms. The van der Waals surface area contributed by atoms with E-state index in [1.165, 1.54) is 16.8 Å². The first-order valence-electron chi connectivity index (χ1n) is 9.54. The van der Waals surface area contributed by atoms with Gasteiger partial charge in [-0.2, -0.15) is 0 Å². The fraction of sp³-hybridized carbons (Fsp3) is 0.500. The van der Waals surface area contributed by atoms with Crippen LogP contribution in [-0.2, 0) is 0 Å². The zero-order valence-corrected chi connectivity index (χ0v) is 15.9. The molecule has 2 heterocycles. The number of nitrogens with zero attached hydrogens (tertiary/aromatic N) is 2. The van der Waals surface area contributed by atoms with Crippen LogP contribution in [0.25, 0.3) is 0 Å². The van der Waals surface area contributed by atoms with Crippen LogP contribution in [0.5, 0.6) is 0 Å². The number of halogens is 2. The van der Waals surface area contributed by atoms with Crippen LogP contribution in [0.2, 0.25) is 0 Å². The second-order valence-electron chi connectivity index (χ2n) is 7.16. The lowest BCUT2D eigenvalue weighted by Gasteiger charge is -2.37. The maximum Gasteiger partial charge on any atom is 0.238 e. The molecule has 2 nitrogen and oxygen atoms in total. The summed E-state index contributed by atoms with van der Waals surface area (Å²) >= 11 is 0. The van der Waals surface area contributed by atoms with Crippen LogP contribution in [0.15, 0.2) is 65.0 Å². The number of hydrogen-bond acceptors (Lipinski definition) is 2. The molecule has 140 valence electrons. The van der Waals surface area contributed by atoms with Crippen molar-refractivity contribution < 1.29 is 8.78 Å². The van der Waals surface area contributed by atoms with Crippen molar-refractivity contribution in [2.24, 2.45) is 11.8 Å². The first-order chi connectivity index (χ1) is 12.5. The van der Waals surface area contributed by atoms with Gasteiger partial charge in [0.05, 0.1) is 12.2 Å². The minimum absolute atomic E-state index is 0.0118. The zero-order valence-electron chi connectivity index (χ0n) is 15.9. The van der Waals surface area contributed by atoms with Crippen LogP contribution in [0.3, 0.4) is 0 Å². The molecule has 3 rings (SSSR count). The van der Waals surface area contributed by atoms with Gasteiger partial charge < -0.3 is 9.80 Å². The largest absolute Gasteiger partial charge is 0.321 e. The third-order valence-corrected chi connectivity index (χ3v) is 5.33. The molecule has 1 fully saturated rings. The summed E-state index contributed by atoms with van der Waals surface area (Å²) in [4.78, 5) is 4.40. The Kier molecular flexibility index (Phi) is 5.52. The van der Waals surface area contributed by atoms with E-state index in [0.717, 1.165) is 37.3 Å². The van der Waals surface area contributed by atoms with Gasteiger partial charge in [0.2, 0.25) is 6.43 Å². The number of hydrogen-bond donors (Lipinski definition) is 0. The molecule has 0 radical (unpaired) electrons. The lowest BCUT2D eigenvalue weighted by atomic mass is 10.1. The molecule has 0 saturated heterocycles. The van der Waals surface area contributed by atoms with E-state index in [0.29, 0.717) is 0 Å². The van der Waals surface area contributed by atoms with Crippen LogP contribution in [0.1, 0.15) is 39.5 Å². The number of alkyl halides is 2. The van der Waals surface area contributed by atoms with E-state index < -0.39 is 6.43 Å². The molecule has 1 aliphatic carbocycles. The topological polar surface area (TPSA) is 6.48 Å². The number of allylic oxidation sites excluding steroid dienone is 4. The van der Waals surface area contributed by atoms with E-state index in [1.807, 2.05) is 13.1 Å².